The van der Waals surface area contributed by atoms with Gasteiger partial charge in [0.05, 0.1) is 19.1 Å². The summed E-state index contributed by atoms with van der Waals surface area (Å²) in [5.41, 5.74) is 1.46. The van der Waals surface area contributed by atoms with Crippen molar-refractivity contribution in [3.63, 3.8) is 0 Å². The lowest BCUT2D eigenvalue weighted by atomic mass is 10.2. The van der Waals surface area contributed by atoms with Gasteiger partial charge in [0.2, 0.25) is 10.0 Å². The van der Waals surface area contributed by atoms with Gasteiger partial charge in [-0.1, -0.05) is 0 Å². The molecule has 0 radical (unpaired) electrons. The predicted molar refractivity (Wildman–Crippen MR) is 75.0 cm³/mol. The lowest BCUT2D eigenvalue weighted by Crippen LogP contribution is -2.21. The van der Waals surface area contributed by atoms with E-state index in [0.29, 0.717) is 11.4 Å². The molecule has 1 N–H and O–H groups in total. The fourth-order valence-electron chi connectivity index (χ4n) is 1.75. The summed E-state index contributed by atoms with van der Waals surface area (Å²) >= 11 is 0. The van der Waals surface area contributed by atoms with Crippen LogP contribution in [-0.2, 0) is 10.0 Å². The van der Waals surface area contributed by atoms with E-state index in [-0.39, 0.29) is 0 Å². The molecule has 0 bridgehead atoms. The van der Waals surface area contributed by atoms with Gasteiger partial charge in [0.1, 0.15) is 5.75 Å². The van der Waals surface area contributed by atoms with Gasteiger partial charge < -0.3 is 9.64 Å². The maximum atomic E-state index is 11.2. The van der Waals surface area contributed by atoms with E-state index in [0.717, 1.165) is 25.0 Å². The summed E-state index contributed by atoms with van der Waals surface area (Å²) < 4.78 is 30.1. The number of nitrogens with zero attached hydrogens (tertiary/aromatic N) is 1. The topological polar surface area (TPSA) is 58.6 Å². The molecule has 0 aliphatic rings. The van der Waals surface area contributed by atoms with Gasteiger partial charge in [0.15, 0.2) is 0 Å². The Labute approximate surface area is 109 Å². The summed E-state index contributed by atoms with van der Waals surface area (Å²) in [6, 6.07) is 5.43. The van der Waals surface area contributed by atoms with Crippen molar-refractivity contribution in [1.29, 1.82) is 0 Å². The maximum absolute atomic E-state index is 11.2. The maximum Gasteiger partial charge on any atom is 0.229 e. The summed E-state index contributed by atoms with van der Waals surface area (Å²) in [6.45, 7) is 5.91. The zero-order valence-electron chi connectivity index (χ0n) is 11.2. The van der Waals surface area contributed by atoms with E-state index in [1.807, 2.05) is 12.1 Å². The molecule has 0 amide bonds. The Morgan fingerprint density at radius 3 is 2.33 bits per heavy atom. The van der Waals surface area contributed by atoms with Crippen molar-refractivity contribution in [3.05, 3.63) is 18.2 Å². The molecule has 0 aromatic heterocycles. The Morgan fingerprint density at radius 2 is 1.89 bits per heavy atom. The minimum absolute atomic E-state index is 0.455. The number of nitrogens with one attached hydrogen (secondary N) is 1. The third kappa shape index (κ3) is 3.80. The van der Waals surface area contributed by atoms with Crippen LogP contribution >= 0.6 is 0 Å². The Kier molecular flexibility index (Phi) is 4.84. The van der Waals surface area contributed by atoms with Crippen molar-refractivity contribution in [2.45, 2.75) is 13.8 Å². The molecular weight excluding hydrogens is 252 g/mol. The average molecular weight is 272 g/mol. The van der Waals surface area contributed by atoms with Crippen molar-refractivity contribution < 1.29 is 13.2 Å². The summed E-state index contributed by atoms with van der Waals surface area (Å²) in [4.78, 5) is 2.16. The first-order chi connectivity index (χ1) is 8.41. The van der Waals surface area contributed by atoms with Gasteiger partial charge in [-0.3, -0.25) is 4.72 Å². The van der Waals surface area contributed by atoms with Crippen molar-refractivity contribution in [1.82, 2.24) is 0 Å². The van der Waals surface area contributed by atoms with Crippen molar-refractivity contribution in [2.24, 2.45) is 0 Å². The highest BCUT2D eigenvalue weighted by atomic mass is 32.2. The quantitative estimate of drug-likeness (QED) is 0.859. The van der Waals surface area contributed by atoms with Crippen LogP contribution in [0.3, 0.4) is 0 Å². The van der Waals surface area contributed by atoms with Crippen molar-refractivity contribution in [2.75, 3.05) is 36.1 Å². The van der Waals surface area contributed by atoms with E-state index >= 15 is 0 Å². The van der Waals surface area contributed by atoms with E-state index in [9.17, 15) is 8.42 Å². The molecule has 0 atom stereocenters. The predicted octanol–water partition coefficient (Wildman–Crippen LogP) is 1.91. The number of rotatable bonds is 6. The highest BCUT2D eigenvalue weighted by Crippen LogP contribution is 2.30. The van der Waals surface area contributed by atoms with Crippen LogP contribution in [0.5, 0.6) is 5.75 Å². The zero-order chi connectivity index (χ0) is 13.8. The van der Waals surface area contributed by atoms with Gasteiger partial charge in [-0.2, -0.15) is 0 Å². The lowest BCUT2D eigenvalue weighted by molar-refractivity contribution is 0.417. The van der Waals surface area contributed by atoms with Gasteiger partial charge in [-0.25, -0.2) is 8.42 Å². The molecule has 5 nitrogen and oxygen atoms in total. The van der Waals surface area contributed by atoms with Crippen LogP contribution in [-0.4, -0.2) is 34.9 Å². The van der Waals surface area contributed by atoms with Crippen LogP contribution in [0, 0.1) is 0 Å². The standard InChI is InChI=1S/C12H20N2O3S/c1-5-14(6-2)10-7-8-11(12(9-10)17-3)13-18(4,15)16/h7-9,13H,5-6H2,1-4H3. The van der Waals surface area contributed by atoms with Crippen LogP contribution in [0.2, 0.25) is 0 Å². The van der Waals surface area contributed by atoms with Crippen LogP contribution in [0.4, 0.5) is 11.4 Å². The highest BCUT2D eigenvalue weighted by molar-refractivity contribution is 7.92. The molecule has 0 unspecified atom stereocenters. The second kappa shape index (κ2) is 5.95. The van der Waals surface area contributed by atoms with Crippen LogP contribution in [0.1, 0.15) is 13.8 Å². The molecule has 102 valence electrons. The Hall–Kier alpha value is -1.43. The third-order valence-electron chi connectivity index (χ3n) is 2.61. The summed E-state index contributed by atoms with van der Waals surface area (Å²) in [7, 11) is -1.77. The van der Waals surface area contributed by atoms with Gasteiger partial charge in [-0.15, -0.1) is 0 Å². The van der Waals surface area contributed by atoms with Gasteiger partial charge in [-0.05, 0) is 26.0 Å². The molecule has 0 saturated heterocycles. The monoisotopic (exact) mass is 272 g/mol. The van der Waals surface area contributed by atoms with E-state index in [1.165, 1.54) is 7.11 Å². The molecule has 1 aromatic rings. The first-order valence-electron chi connectivity index (χ1n) is 5.82. The Balaban J connectivity index is 3.11. The summed E-state index contributed by atoms with van der Waals surface area (Å²) in [6.07, 6.45) is 1.12. The molecule has 18 heavy (non-hydrogen) atoms. The second-order valence-corrected chi connectivity index (χ2v) is 5.68. The van der Waals surface area contributed by atoms with E-state index < -0.39 is 10.0 Å². The average Bonchev–Trinajstić information content (AvgIpc) is 2.30. The fourth-order valence-corrected chi connectivity index (χ4v) is 2.32. The Morgan fingerprint density at radius 1 is 1.28 bits per heavy atom. The number of benzene rings is 1. The van der Waals surface area contributed by atoms with Crippen molar-refractivity contribution >= 4 is 21.4 Å². The molecule has 0 spiro atoms. The van der Waals surface area contributed by atoms with Gasteiger partial charge in [0.25, 0.3) is 0 Å². The largest absolute Gasteiger partial charge is 0.494 e. The molecular formula is C12H20N2O3S. The summed E-state index contributed by atoms with van der Waals surface area (Å²) in [5.74, 6) is 0.518. The highest BCUT2D eigenvalue weighted by Gasteiger charge is 2.10. The van der Waals surface area contributed by atoms with Crippen molar-refractivity contribution in [3.8, 4) is 5.75 Å². The number of anilines is 2. The van der Waals surface area contributed by atoms with E-state index in [1.54, 1.807) is 6.07 Å². The molecule has 6 heteroatoms. The van der Waals surface area contributed by atoms with Crippen LogP contribution in [0.25, 0.3) is 0 Å². The molecule has 0 fully saturated rings. The Bertz CT molecular complexity index is 496. The minimum Gasteiger partial charge on any atom is -0.494 e. The van der Waals surface area contributed by atoms with Gasteiger partial charge in [0, 0.05) is 24.8 Å². The smallest absolute Gasteiger partial charge is 0.229 e. The lowest BCUT2D eigenvalue weighted by Gasteiger charge is -2.22. The molecule has 1 rings (SSSR count). The van der Waals surface area contributed by atoms with Crippen LogP contribution < -0.4 is 14.4 Å². The molecule has 0 aliphatic heterocycles. The SMILES string of the molecule is CCN(CC)c1ccc(NS(C)(=O)=O)c(OC)c1. The minimum atomic E-state index is -3.30. The molecule has 0 aliphatic carbocycles. The first-order valence-corrected chi connectivity index (χ1v) is 7.71. The second-order valence-electron chi connectivity index (χ2n) is 3.93. The van der Waals surface area contributed by atoms with E-state index in [2.05, 4.69) is 23.5 Å². The van der Waals surface area contributed by atoms with Crippen LogP contribution in [0.15, 0.2) is 18.2 Å². The normalized spacial score (nSPS) is 11.1. The number of ether oxygens (including phenoxy) is 1. The third-order valence-corrected chi connectivity index (χ3v) is 3.20. The molecule has 0 heterocycles. The summed E-state index contributed by atoms with van der Waals surface area (Å²) in [5, 5.41) is 0. The first kappa shape index (κ1) is 14.6. The number of hydrogen-bond donors (Lipinski definition) is 1. The zero-order valence-corrected chi connectivity index (χ0v) is 12.0. The van der Waals surface area contributed by atoms with E-state index in [4.69, 9.17) is 4.74 Å². The number of hydrogen-bond acceptors (Lipinski definition) is 4. The fraction of sp³-hybridized carbons (Fsp3) is 0.500. The number of methoxy groups -OCH3 is 1. The number of sulfonamides is 1. The molecule has 0 saturated carbocycles. The van der Waals surface area contributed by atoms with Gasteiger partial charge >= 0.3 is 0 Å². The molecule has 1 aromatic carbocycles.